The molecule has 0 aromatic carbocycles. The van der Waals surface area contributed by atoms with Crippen LogP contribution in [0.25, 0.3) is 6.08 Å². The van der Waals surface area contributed by atoms with Gasteiger partial charge in [0.05, 0.1) is 0 Å². The lowest BCUT2D eigenvalue weighted by Gasteiger charge is -2.05. The molecule has 1 atom stereocenters. The Labute approximate surface area is 95.6 Å². The van der Waals surface area contributed by atoms with E-state index in [2.05, 4.69) is 17.2 Å². The van der Waals surface area contributed by atoms with Gasteiger partial charge in [0.25, 0.3) is 0 Å². The molecule has 16 heavy (non-hydrogen) atoms. The lowest BCUT2D eigenvalue weighted by atomic mass is 10.1. The number of hydrogen-bond acceptors (Lipinski definition) is 3. The molecule has 0 amide bonds. The first-order valence-electron chi connectivity index (χ1n) is 5.37. The highest BCUT2D eigenvalue weighted by Crippen LogP contribution is 2.04. The van der Waals surface area contributed by atoms with E-state index in [1.807, 2.05) is 19.2 Å². The highest BCUT2D eigenvalue weighted by molar-refractivity contribution is 5.52. The second-order valence-corrected chi connectivity index (χ2v) is 3.94. The van der Waals surface area contributed by atoms with Crippen LogP contribution in [-0.4, -0.2) is 18.1 Å². The number of H-pyrrole nitrogens is 1. The molecule has 0 bridgehead atoms. The Morgan fingerprint density at radius 2 is 2.31 bits per heavy atom. The topological polar surface area (TPSA) is 70.9 Å². The van der Waals surface area contributed by atoms with Gasteiger partial charge < -0.3 is 16.0 Å². The molecule has 1 heterocycles. The summed E-state index contributed by atoms with van der Waals surface area (Å²) in [6.07, 6.45) is 6.35. The first-order chi connectivity index (χ1) is 7.56. The predicted molar refractivity (Wildman–Crippen MR) is 68.4 cm³/mol. The summed E-state index contributed by atoms with van der Waals surface area (Å²) in [6.45, 7) is 3.81. The Kier molecular flexibility index (Phi) is 4.31. The summed E-state index contributed by atoms with van der Waals surface area (Å²) >= 11 is 0. The minimum Gasteiger partial charge on any atom is -0.385 e. The highest BCUT2D eigenvalue weighted by atomic mass is 16.1. The molecule has 0 spiro atoms. The fourth-order valence-electron chi connectivity index (χ4n) is 1.31. The van der Waals surface area contributed by atoms with Crippen molar-refractivity contribution >= 4 is 11.9 Å². The number of pyridine rings is 1. The van der Waals surface area contributed by atoms with Gasteiger partial charge in [0.1, 0.15) is 5.82 Å². The molecule has 1 aromatic rings. The van der Waals surface area contributed by atoms with Gasteiger partial charge in [-0.3, -0.25) is 4.79 Å². The quantitative estimate of drug-likeness (QED) is 0.717. The van der Waals surface area contributed by atoms with Crippen molar-refractivity contribution in [3.8, 4) is 0 Å². The summed E-state index contributed by atoms with van der Waals surface area (Å²) in [4.78, 5) is 14.6. The van der Waals surface area contributed by atoms with E-state index in [1.165, 1.54) is 0 Å². The third-order valence-corrected chi connectivity index (χ3v) is 2.67. The van der Waals surface area contributed by atoms with Gasteiger partial charge in [-0.2, -0.15) is 0 Å². The normalized spacial score (nSPS) is 13.2. The van der Waals surface area contributed by atoms with Gasteiger partial charge in [-0.15, -0.1) is 0 Å². The number of nitrogen functional groups attached to an aromatic ring is 1. The smallest absolute Gasteiger partial charge is 0.193 e. The average molecular weight is 221 g/mol. The highest BCUT2D eigenvalue weighted by Gasteiger charge is 2.02. The molecule has 1 unspecified atom stereocenters. The monoisotopic (exact) mass is 221 g/mol. The van der Waals surface area contributed by atoms with Crippen LogP contribution in [0.3, 0.4) is 0 Å². The van der Waals surface area contributed by atoms with E-state index < -0.39 is 0 Å². The Balaban J connectivity index is 2.83. The zero-order valence-corrected chi connectivity index (χ0v) is 10.0. The van der Waals surface area contributed by atoms with Crippen LogP contribution in [-0.2, 0) is 0 Å². The van der Waals surface area contributed by atoms with Crippen LogP contribution < -0.4 is 16.5 Å². The van der Waals surface area contributed by atoms with Crippen molar-refractivity contribution in [2.75, 3.05) is 12.8 Å². The Hall–Kier alpha value is -1.55. The van der Waals surface area contributed by atoms with Crippen LogP contribution in [0.15, 0.2) is 17.1 Å². The molecule has 0 aliphatic carbocycles. The van der Waals surface area contributed by atoms with Gasteiger partial charge >= 0.3 is 0 Å². The molecule has 0 saturated carbocycles. The molecule has 0 fully saturated rings. The van der Waals surface area contributed by atoms with Crippen LogP contribution in [0.2, 0.25) is 0 Å². The first kappa shape index (κ1) is 12.5. The van der Waals surface area contributed by atoms with Crippen molar-refractivity contribution in [3.05, 3.63) is 33.6 Å². The van der Waals surface area contributed by atoms with E-state index in [9.17, 15) is 4.79 Å². The molecule has 0 aliphatic rings. The van der Waals surface area contributed by atoms with E-state index in [4.69, 9.17) is 5.73 Å². The SMILES string of the molecule is CNC(C)C/C=C/c1c[nH]c(N)c(C)c1=O. The van der Waals surface area contributed by atoms with E-state index in [-0.39, 0.29) is 5.43 Å². The maximum Gasteiger partial charge on any atom is 0.193 e. The van der Waals surface area contributed by atoms with E-state index in [0.29, 0.717) is 23.0 Å². The third-order valence-electron chi connectivity index (χ3n) is 2.67. The molecular formula is C12H19N3O. The zero-order valence-electron chi connectivity index (χ0n) is 10.0. The number of nitrogens with one attached hydrogen (secondary N) is 2. The van der Waals surface area contributed by atoms with Gasteiger partial charge in [-0.1, -0.05) is 12.2 Å². The predicted octanol–water partition coefficient (Wildman–Crippen LogP) is 1.28. The van der Waals surface area contributed by atoms with Crippen molar-refractivity contribution in [2.24, 2.45) is 0 Å². The van der Waals surface area contributed by atoms with Gasteiger partial charge in [0.2, 0.25) is 0 Å². The second kappa shape index (κ2) is 5.51. The number of hydrogen-bond donors (Lipinski definition) is 3. The summed E-state index contributed by atoms with van der Waals surface area (Å²) in [5.41, 5.74) is 6.81. The van der Waals surface area contributed by atoms with Crippen molar-refractivity contribution in [3.63, 3.8) is 0 Å². The molecule has 4 nitrogen and oxygen atoms in total. The summed E-state index contributed by atoms with van der Waals surface area (Å²) < 4.78 is 0. The van der Waals surface area contributed by atoms with Gasteiger partial charge in [-0.25, -0.2) is 0 Å². The Morgan fingerprint density at radius 1 is 1.62 bits per heavy atom. The van der Waals surface area contributed by atoms with Crippen molar-refractivity contribution in [1.82, 2.24) is 10.3 Å². The second-order valence-electron chi connectivity index (χ2n) is 3.94. The fraction of sp³-hybridized carbons (Fsp3) is 0.417. The van der Waals surface area contributed by atoms with E-state index in [1.54, 1.807) is 13.1 Å². The summed E-state index contributed by atoms with van der Waals surface area (Å²) in [5, 5.41) is 3.13. The van der Waals surface area contributed by atoms with Crippen LogP contribution in [0.4, 0.5) is 5.82 Å². The van der Waals surface area contributed by atoms with E-state index in [0.717, 1.165) is 6.42 Å². The van der Waals surface area contributed by atoms with Crippen molar-refractivity contribution in [2.45, 2.75) is 26.3 Å². The number of rotatable bonds is 4. The zero-order chi connectivity index (χ0) is 12.1. The standard InChI is InChI=1S/C12H19N3O/c1-8(14-3)5-4-6-10-7-15-12(13)9(2)11(10)16/h4,6-8,14H,5H2,1-3H3,(H3,13,15,16)/b6-4+. The van der Waals surface area contributed by atoms with Gasteiger partial charge in [0.15, 0.2) is 5.43 Å². The van der Waals surface area contributed by atoms with Crippen molar-refractivity contribution in [1.29, 1.82) is 0 Å². The van der Waals surface area contributed by atoms with Gasteiger partial charge in [-0.05, 0) is 27.3 Å². The van der Waals surface area contributed by atoms with Gasteiger partial charge in [0, 0.05) is 23.4 Å². The summed E-state index contributed by atoms with van der Waals surface area (Å²) in [6, 6.07) is 0.408. The fourth-order valence-corrected chi connectivity index (χ4v) is 1.31. The largest absolute Gasteiger partial charge is 0.385 e. The summed E-state index contributed by atoms with van der Waals surface area (Å²) in [7, 11) is 1.92. The molecule has 4 heteroatoms. The van der Waals surface area contributed by atoms with Crippen LogP contribution in [0.5, 0.6) is 0 Å². The average Bonchev–Trinajstić information content (AvgIpc) is 2.29. The van der Waals surface area contributed by atoms with Crippen LogP contribution in [0, 0.1) is 6.92 Å². The summed E-state index contributed by atoms with van der Waals surface area (Å²) in [5.74, 6) is 0.436. The minimum atomic E-state index is -0.00962. The lowest BCUT2D eigenvalue weighted by Crippen LogP contribution is -2.19. The maximum absolute atomic E-state index is 11.8. The minimum absolute atomic E-state index is 0.00962. The number of nitrogens with two attached hydrogens (primary N) is 1. The number of aromatic amines is 1. The van der Waals surface area contributed by atoms with Crippen LogP contribution >= 0.6 is 0 Å². The Bertz CT molecular complexity index is 434. The van der Waals surface area contributed by atoms with Crippen LogP contribution in [0.1, 0.15) is 24.5 Å². The first-order valence-corrected chi connectivity index (χ1v) is 5.37. The molecular weight excluding hydrogens is 202 g/mol. The van der Waals surface area contributed by atoms with E-state index >= 15 is 0 Å². The molecule has 0 aliphatic heterocycles. The molecule has 1 rings (SSSR count). The molecule has 4 N–H and O–H groups in total. The molecule has 88 valence electrons. The Morgan fingerprint density at radius 3 is 2.94 bits per heavy atom. The maximum atomic E-state index is 11.8. The molecule has 1 aromatic heterocycles. The number of anilines is 1. The number of aromatic nitrogens is 1. The lowest BCUT2D eigenvalue weighted by molar-refractivity contribution is 0.621. The van der Waals surface area contributed by atoms with Crippen molar-refractivity contribution < 1.29 is 0 Å². The molecule has 0 radical (unpaired) electrons. The third kappa shape index (κ3) is 2.97. The molecule has 0 saturated heterocycles.